The maximum Gasteiger partial charge on any atom is 0.313 e. The Hall–Kier alpha value is -2.02. The summed E-state index contributed by atoms with van der Waals surface area (Å²) in [6, 6.07) is 6.89. The lowest BCUT2D eigenvalue weighted by atomic mass is 10.2. The van der Waals surface area contributed by atoms with Crippen LogP contribution in [-0.4, -0.2) is 34.4 Å². The van der Waals surface area contributed by atoms with E-state index < -0.39 is 5.97 Å². The first-order valence-corrected chi connectivity index (χ1v) is 7.70. The third-order valence-electron chi connectivity index (χ3n) is 2.82. The first-order chi connectivity index (χ1) is 10.0. The lowest BCUT2D eigenvalue weighted by Gasteiger charge is -2.08. The van der Waals surface area contributed by atoms with Crippen LogP contribution in [-0.2, 0) is 14.4 Å². The van der Waals surface area contributed by atoms with Gasteiger partial charge in [-0.1, -0.05) is 6.07 Å². The molecule has 1 aliphatic rings. The van der Waals surface area contributed by atoms with Gasteiger partial charge < -0.3 is 15.7 Å². The Balaban J connectivity index is 1.83. The van der Waals surface area contributed by atoms with E-state index in [-0.39, 0.29) is 29.2 Å². The van der Waals surface area contributed by atoms with E-state index in [0.29, 0.717) is 11.4 Å². The average Bonchev–Trinajstić information content (AvgIpc) is 3.22. The number of carboxylic acid groups (broad SMARTS) is 1. The molecule has 112 valence electrons. The number of benzene rings is 1. The average molecular weight is 308 g/mol. The van der Waals surface area contributed by atoms with Gasteiger partial charge in [0.15, 0.2) is 0 Å². The van der Waals surface area contributed by atoms with E-state index in [1.165, 1.54) is 0 Å². The molecule has 21 heavy (non-hydrogen) atoms. The minimum Gasteiger partial charge on any atom is -0.481 e. The smallest absolute Gasteiger partial charge is 0.313 e. The van der Waals surface area contributed by atoms with Crippen molar-refractivity contribution in [2.45, 2.75) is 12.8 Å². The largest absolute Gasteiger partial charge is 0.481 e. The van der Waals surface area contributed by atoms with Gasteiger partial charge in [0, 0.05) is 17.3 Å². The van der Waals surface area contributed by atoms with E-state index in [9.17, 15) is 14.4 Å². The van der Waals surface area contributed by atoms with Crippen LogP contribution < -0.4 is 10.6 Å². The van der Waals surface area contributed by atoms with Crippen molar-refractivity contribution in [3.8, 4) is 0 Å². The fourth-order valence-corrected chi connectivity index (χ4v) is 2.23. The molecule has 0 bridgehead atoms. The van der Waals surface area contributed by atoms with Crippen molar-refractivity contribution >= 4 is 40.9 Å². The number of hydrogen-bond donors (Lipinski definition) is 3. The number of rotatable bonds is 7. The Labute approximate surface area is 126 Å². The van der Waals surface area contributed by atoms with Gasteiger partial charge in [-0.3, -0.25) is 14.4 Å². The molecule has 2 amide bonds. The first-order valence-electron chi connectivity index (χ1n) is 6.55. The molecule has 1 aromatic carbocycles. The van der Waals surface area contributed by atoms with Crippen LogP contribution in [0.1, 0.15) is 12.8 Å². The summed E-state index contributed by atoms with van der Waals surface area (Å²) in [5, 5.41) is 14.0. The summed E-state index contributed by atoms with van der Waals surface area (Å²) < 4.78 is 0. The molecular formula is C14H16N2O4S. The van der Waals surface area contributed by atoms with Crippen LogP contribution in [0, 0.1) is 5.92 Å². The zero-order valence-electron chi connectivity index (χ0n) is 11.3. The molecule has 1 saturated carbocycles. The van der Waals surface area contributed by atoms with Crippen molar-refractivity contribution < 1.29 is 19.5 Å². The fourth-order valence-electron chi connectivity index (χ4n) is 1.69. The Bertz CT molecular complexity index is 558. The summed E-state index contributed by atoms with van der Waals surface area (Å²) in [5.74, 6) is -1.12. The van der Waals surface area contributed by atoms with Gasteiger partial charge in [-0.05, 0) is 31.0 Å². The molecule has 3 N–H and O–H groups in total. The molecule has 0 atom stereocenters. The standard InChI is InChI=1S/C14H16N2O4S/c17-12(7-21-8-13(18)19)15-10-2-1-3-11(6-10)16-14(20)9-4-5-9/h1-3,6,9H,4-5,7-8H2,(H,15,17)(H,16,20)(H,18,19). The Morgan fingerprint density at radius 3 is 2.43 bits per heavy atom. The molecule has 1 aliphatic carbocycles. The van der Waals surface area contributed by atoms with E-state index in [1.54, 1.807) is 24.3 Å². The van der Waals surface area contributed by atoms with Gasteiger partial charge >= 0.3 is 5.97 Å². The van der Waals surface area contributed by atoms with E-state index in [0.717, 1.165) is 24.6 Å². The number of carboxylic acids is 1. The van der Waals surface area contributed by atoms with Crippen molar-refractivity contribution in [2.75, 3.05) is 22.1 Å². The molecule has 7 heteroatoms. The summed E-state index contributed by atoms with van der Waals surface area (Å²) in [5.41, 5.74) is 1.22. The maximum absolute atomic E-state index is 11.7. The van der Waals surface area contributed by atoms with Crippen LogP contribution >= 0.6 is 11.8 Å². The predicted molar refractivity (Wildman–Crippen MR) is 81.4 cm³/mol. The number of aliphatic carboxylic acids is 1. The van der Waals surface area contributed by atoms with Crippen molar-refractivity contribution in [1.82, 2.24) is 0 Å². The third-order valence-corrected chi connectivity index (χ3v) is 3.74. The molecule has 0 saturated heterocycles. The number of thioether (sulfide) groups is 1. The molecule has 2 rings (SSSR count). The second-order valence-electron chi connectivity index (χ2n) is 4.78. The highest BCUT2D eigenvalue weighted by Gasteiger charge is 2.29. The SMILES string of the molecule is O=C(O)CSCC(=O)Nc1cccc(NC(=O)C2CC2)c1. The van der Waals surface area contributed by atoms with E-state index >= 15 is 0 Å². The van der Waals surface area contributed by atoms with Crippen LogP contribution in [0.2, 0.25) is 0 Å². The quantitative estimate of drug-likeness (QED) is 0.714. The molecule has 0 radical (unpaired) electrons. The third kappa shape index (κ3) is 5.47. The van der Waals surface area contributed by atoms with Gasteiger partial charge in [0.1, 0.15) is 0 Å². The van der Waals surface area contributed by atoms with Gasteiger partial charge in [-0.25, -0.2) is 0 Å². The van der Waals surface area contributed by atoms with Crippen molar-refractivity contribution in [3.63, 3.8) is 0 Å². The second-order valence-corrected chi connectivity index (χ2v) is 5.76. The fraction of sp³-hybridized carbons (Fsp3) is 0.357. The van der Waals surface area contributed by atoms with Crippen LogP contribution in [0.4, 0.5) is 11.4 Å². The number of carbonyl (C=O) groups is 3. The Morgan fingerprint density at radius 2 is 1.81 bits per heavy atom. The summed E-state index contributed by atoms with van der Waals surface area (Å²) in [6.07, 6.45) is 1.87. The Kier molecular flexibility index (Phi) is 5.21. The van der Waals surface area contributed by atoms with Gasteiger partial charge in [-0.15, -0.1) is 11.8 Å². The minimum absolute atomic E-state index is 0.00971. The molecule has 0 spiro atoms. The van der Waals surface area contributed by atoms with Crippen molar-refractivity contribution in [2.24, 2.45) is 5.92 Å². The molecule has 0 heterocycles. The van der Waals surface area contributed by atoms with E-state index in [2.05, 4.69) is 10.6 Å². The highest BCUT2D eigenvalue weighted by Crippen LogP contribution is 2.30. The van der Waals surface area contributed by atoms with Crippen molar-refractivity contribution in [1.29, 1.82) is 0 Å². The van der Waals surface area contributed by atoms with Gasteiger partial charge in [0.05, 0.1) is 11.5 Å². The molecule has 0 aliphatic heterocycles. The first kappa shape index (κ1) is 15.4. The lowest BCUT2D eigenvalue weighted by molar-refractivity contribution is -0.133. The summed E-state index contributed by atoms with van der Waals surface area (Å²) in [6.45, 7) is 0. The van der Waals surface area contributed by atoms with Crippen LogP contribution in [0.3, 0.4) is 0 Å². The summed E-state index contributed by atoms with van der Waals surface area (Å²) >= 11 is 1.03. The van der Waals surface area contributed by atoms with Gasteiger partial charge in [-0.2, -0.15) is 0 Å². The minimum atomic E-state index is -0.947. The number of hydrogen-bond acceptors (Lipinski definition) is 4. The van der Waals surface area contributed by atoms with Gasteiger partial charge in [0.25, 0.3) is 0 Å². The van der Waals surface area contributed by atoms with Crippen LogP contribution in [0.5, 0.6) is 0 Å². The maximum atomic E-state index is 11.7. The zero-order chi connectivity index (χ0) is 15.2. The molecule has 0 unspecified atom stereocenters. The summed E-state index contributed by atoms with van der Waals surface area (Å²) in [4.78, 5) is 33.6. The molecule has 0 aromatic heterocycles. The molecule has 1 aromatic rings. The van der Waals surface area contributed by atoms with Crippen LogP contribution in [0.15, 0.2) is 24.3 Å². The highest BCUT2D eigenvalue weighted by atomic mass is 32.2. The lowest BCUT2D eigenvalue weighted by Crippen LogP contribution is -2.16. The van der Waals surface area contributed by atoms with Crippen molar-refractivity contribution in [3.05, 3.63) is 24.3 Å². The number of anilines is 2. The predicted octanol–water partition coefficient (Wildman–Crippen LogP) is 1.79. The number of amides is 2. The van der Waals surface area contributed by atoms with Crippen LogP contribution in [0.25, 0.3) is 0 Å². The molecule has 1 fully saturated rings. The normalized spacial score (nSPS) is 13.5. The molecular weight excluding hydrogens is 292 g/mol. The molecule has 6 nitrogen and oxygen atoms in total. The topological polar surface area (TPSA) is 95.5 Å². The Morgan fingerprint density at radius 1 is 1.14 bits per heavy atom. The highest BCUT2D eigenvalue weighted by molar-refractivity contribution is 8.00. The number of nitrogens with one attached hydrogen (secondary N) is 2. The zero-order valence-corrected chi connectivity index (χ0v) is 12.1. The second kappa shape index (κ2) is 7.12. The summed E-state index contributed by atoms with van der Waals surface area (Å²) in [7, 11) is 0. The monoisotopic (exact) mass is 308 g/mol. The number of carbonyl (C=O) groups excluding carboxylic acids is 2. The van der Waals surface area contributed by atoms with Gasteiger partial charge in [0.2, 0.25) is 11.8 Å². The van der Waals surface area contributed by atoms with E-state index in [1.807, 2.05) is 0 Å². The van der Waals surface area contributed by atoms with E-state index in [4.69, 9.17) is 5.11 Å².